The fraction of sp³-hybridized carbons (Fsp3) is 0.227. The summed E-state index contributed by atoms with van der Waals surface area (Å²) in [6.45, 7) is 1.08. The third kappa shape index (κ3) is 11.4. The highest BCUT2D eigenvalue weighted by atomic mass is 31.3. The maximum Gasteiger partial charge on any atom is 0.492 e. The number of nitrogens with zero attached hydrogens (tertiary/aromatic N) is 4. The Morgan fingerprint density at radius 2 is 1.69 bits per heavy atom. The summed E-state index contributed by atoms with van der Waals surface area (Å²) in [5, 5.41) is 37.5. The SMILES string of the molecule is COP(=O)(O)OP(=O)(OC)OP(=O)(O)OCC1OC(n2cnc3c(NC(C)c4ccc(C#CCNC(=O)c5ccc(C(=O)O)c(-c6c7ccc(=O)cc-7oc7cc(O)ccc67)c5)cc4)ncnc32)C[C@H]1O. The van der Waals surface area contributed by atoms with Crippen LogP contribution in [0, 0.1) is 11.8 Å². The standard InChI is InChI=1S/C44H41N6O18P3/c1-24(49-41-40-42(47-22-46-41)50(23-48-40)38-20-34(53)37(66-38)21-64-70(59,60)68-71(61,63-3)67-69(57,58)62-2)26-8-6-25(7-9-26)5-4-16-45-43(54)27-10-13-30(44(55)56)33(17-27)39-31-14-11-28(51)18-35(31)65-36-19-29(52)12-15-32(36)39/h6-15,17-19,22-24,34,37-38,51,53H,16,20-21H2,1-3H3,(H,45,54)(H,55,56)(H,57,58)(H,59,60)(H,46,47,49)/t24?,34-,37?,38?,71?/m1/s1. The van der Waals surface area contributed by atoms with Crippen molar-refractivity contribution in [3.63, 3.8) is 0 Å². The van der Waals surface area contributed by atoms with Crippen LogP contribution in [0.5, 0.6) is 5.75 Å². The van der Waals surface area contributed by atoms with E-state index in [2.05, 4.69) is 55.1 Å². The topological polar surface area (TPSA) is 340 Å². The number of amides is 1. The summed E-state index contributed by atoms with van der Waals surface area (Å²) in [7, 11) is -14.0. The number of aliphatic hydroxyl groups is 1. The van der Waals surface area contributed by atoms with Gasteiger partial charge in [-0.3, -0.25) is 27.7 Å². The van der Waals surface area contributed by atoms with Crippen molar-refractivity contribution in [2.75, 3.05) is 32.7 Å². The van der Waals surface area contributed by atoms with Crippen molar-refractivity contribution in [3.05, 3.63) is 124 Å². The van der Waals surface area contributed by atoms with Crippen molar-refractivity contribution in [3.8, 4) is 40.0 Å². The molecule has 71 heavy (non-hydrogen) atoms. The minimum absolute atomic E-state index is 0.0345. The van der Waals surface area contributed by atoms with Crippen LogP contribution in [-0.2, 0) is 40.6 Å². The number of phenolic OH excluding ortho intramolecular Hbond substituents is 1. The number of anilines is 1. The van der Waals surface area contributed by atoms with E-state index >= 15 is 0 Å². The van der Waals surface area contributed by atoms with Crippen LogP contribution in [0.1, 0.15) is 57.5 Å². The highest BCUT2D eigenvalue weighted by molar-refractivity contribution is 7.67. The van der Waals surface area contributed by atoms with Gasteiger partial charge in [0.15, 0.2) is 22.4 Å². The summed E-state index contributed by atoms with van der Waals surface area (Å²) in [6.07, 6.45) is -0.659. The Morgan fingerprint density at radius 3 is 2.42 bits per heavy atom. The van der Waals surface area contributed by atoms with Crippen LogP contribution in [0.25, 0.3) is 44.6 Å². The fourth-order valence-corrected chi connectivity index (χ4v) is 11.2. The average Bonchev–Trinajstić information content (AvgIpc) is 3.94. The van der Waals surface area contributed by atoms with Crippen LogP contribution in [0.15, 0.2) is 101 Å². The van der Waals surface area contributed by atoms with Crippen molar-refractivity contribution in [1.29, 1.82) is 0 Å². The van der Waals surface area contributed by atoms with Gasteiger partial charge in [-0.1, -0.05) is 24.0 Å². The number of carbonyl (C=O) groups is 2. The Balaban J connectivity index is 0.889. The molecule has 24 nitrogen and oxygen atoms in total. The molecule has 2 aromatic heterocycles. The molecule has 0 bridgehead atoms. The molecule has 6 unspecified atom stereocenters. The monoisotopic (exact) mass is 1030 g/mol. The number of hydrogen-bond acceptors (Lipinski definition) is 19. The number of hydrogen-bond donors (Lipinski definition) is 7. The van der Waals surface area contributed by atoms with Crippen molar-refractivity contribution in [2.24, 2.45) is 0 Å². The summed E-state index contributed by atoms with van der Waals surface area (Å²) in [5.74, 6) is 4.60. The molecule has 0 spiro atoms. The first-order valence-electron chi connectivity index (χ1n) is 20.9. The molecule has 1 aliphatic carbocycles. The lowest BCUT2D eigenvalue weighted by molar-refractivity contribution is -0.0424. The molecule has 5 aromatic rings. The number of carbonyl (C=O) groups excluding carboxylic acids is 1. The average molecular weight is 1030 g/mol. The second kappa shape index (κ2) is 20.6. The van der Waals surface area contributed by atoms with E-state index in [1.807, 2.05) is 19.1 Å². The minimum atomic E-state index is -5.30. The molecule has 2 aliphatic heterocycles. The zero-order chi connectivity index (χ0) is 50.8. The van der Waals surface area contributed by atoms with E-state index in [1.165, 1.54) is 65.8 Å². The van der Waals surface area contributed by atoms with Crippen LogP contribution < -0.4 is 16.1 Å². The Hall–Kier alpha value is -6.67. The number of carboxylic acids is 1. The van der Waals surface area contributed by atoms with Gasteiger partial charge in [0.2, 0.25) is 0 Å². The van der Waals surface area contributed by atoms with Gasteiger partial charge in [-0.25, -0.2) is 33.4 Å². The van der Waals surface area contributed by atoms with Gasteiger partial charge in [-0.2, -0.15) is 8.62 Å². The summed E-state index contributed by atoms with van der Waals surface area (Å²) < 4.78 is 72.0. The summed E-state index contributed by atoms with van der Waals surface area (Å²) in [5.41, 5.74) is 3.11. The molecule has 8 rings (SSSR count). The number of carboxylic acid groups (broad SMARTS) is 1. The van der Waals surface area contributed by atoms with Crippen molar-refractivity contribution < 1.29 is 79.7 Å². The lowest BCUT2D eigenvalue weighted by Crippen LogP contribution is -2.26. The van der Waals surface area contributed by atoms with E-state index in [9.17, 15) is 53.2 Å². The van der Waals surface area contributed by atoms with Gasteiger partial charge >= 0.3 is 29.4 Å². The lowest BCUT2D eigenvalue weighted by Gasteiger charge is -2.21. The molecule has 1 amide bonds. The first-order valence-corrected chi connectivity index (χ1v) is 25.4. The van der Waals surface area contributed by atoms with E-state index in [0.29, 0.717) is 39.1 Å². The second-order valence-corrected chi connectivity index (χ2v) is 20.6. The van der Waals surface area contributed by atoms with Gasteiger partial charge in [-0.05, 0) is 72.6 Å². The van der Waals surface area contributed by atoms with Gasteiger partial charge in [-0.15, -0.1) is 0 Å². The number of aliphatic hydroxyl groups excluding tert-OH is 1. The maximum absolute atomic E-state index is 13.4. The fourth-order valence-electron chi connectivity index (χ4n) is 7.51. The third-order valence-electron chi connectivity index (χ3n) is 10.9. The third-order valence-corrected chi connectivity index (χ3v) is 15.6. The number of aromatic nitrogens is 4. The highest BCUT2D eigenvalue weighted by Crippen LogP contribution is 2.70. The number of imidazole rings is 1. The quantitative estimate of drug-likeness (QED) is 0.0296. The van der Waals surface area contributed by atoms with E-state index < -0.39 is 60.4 Å². The van der Waals surface area contributed by atoms with Crippen molar-refractivity contribution in [1.82, 2.24) is 24.8 Å². The molecule has 27 heteroatoms. The van der Waals surface area contributed by atoms with Gasteiger partial charge in [0.05, 0.1) is 37.2 Å². The molecule has 3 aliphatic rings. The lowest BCUT2D eigenvalue weighted by atomic mass is 9.89. The molecule has 1 saturated heterocycles. The maximum atomic E-state index is 13.4. The van der Waals surface area contributed by atoms with Crippen LogP contribution in [0.2, 0.25) is 0 Å². The Kier molecular flexibility index (Phi) is 14.7. The Labute approximate surface area is 401 Å². The molecule has 4 heterocycles. The van der Waals surface area contributed by atoms with E-state index in [4.69, 9.17) is 13.7 Å². The Bertz CT molecular complexity index is 3430. The molecule has 1 fully saturated rings. The predicted octanol–water partition coefficient (Wildman–Crippen LogP) is 6.36. The van der Waals surface area contributed by atoms with Gasteiger partial charge < -0.3 is 44.9 Å². The molecular weight excluding hydrogens is 993 g/mol. The number of aromatic hydroxyl groups is 1. The number of ether oxygens (including phenoxy) is 1. The molecule has 3 aromatic carbocycles. The molecule has 370 valence electrons. The largest absolute Gasteiger partial charge is 0.508 e. The van der Waals surface area contributed by atoms with E-state index in [-0.39, 0.29) is 58.2 Å². The number of rotatable bonds is 17. The second-order valence-electron chi connectivity index (χ2n) is 15.5. The number of fused-ring (bicyclic) bond motifs is 3. The van der Waals surface area contributed by atoms with Crippen LogP contribution in [-0.4, -0.2) is 96.1 Å². The van der Waals surface area contributed by atoms with Crippen LogP contribution in [0.3, 0.4) is 0 Å². The first-order chi connectivity index (χ1) is 33.8. The van der Waals surface area contributed by atoms with Crippen LogP contribution in [0.4, 0.5) is 5.82 Å². The number of phosphoric ester groups is 2. The van der Waals surface area contributed by atoms with Gasteiger partial charge in [0.1, 0.15) is 35.8 Å². The van der Waals surface area contributed by atoms with Gasteiger partial charge in [0.25, 0.3) is 5.91 Å². The number of phosphoric acid groups is 3. The van der Waals surface area contributed by atoms with Crippen LogP contribution >= 0.6 is 23.5 Å². The number of phenols is 1. The van der Waals surface area contributed by atoms with E-state index in [1.54, 1.807) is 18.2 Å². The Morgan fingerprint density at radius 1 is 0.930 bits per heavy atom. The number of nitrogens with one attached hydrogen (secondary N) is 2. The zero-order valence-electron chi connectivity index (χ0n) is 37.3. The first kappa shape index (κ1) is 50.7. The highest BCUT2D eigenvalue weighted by Gasteiger charge is 2.45. The minimum Gasteiger partial charge on any atom is -0.508 e. The van der Waals surface area contributed by atoms with Gasteiger partial charge in [0, 0.05) is 60.4 Å². The number of aromatic carboxylic acids is 1. The van der Waals surface area contributed by atoms with Crippen molar-refractivity contribution in [2.45, 2.75) is 37.8 Å². The molecule has 7 atom stereocenters. The van der Waals surface area contributed by atoms with E-state index in [0.717, 1.165) is 19.8 Å². The molecule has 7 N–H and O–H groups in total. The molecule has 0 radical (unpaired) electrons. The zero-order valence-corrected chi connectivity index (χ0v) is 39.9. The summed E-state index contributed by atoms with van der Waals surface area (Å²) in [6, 6.07) is 19.6. The normalized spacial score (nSPS) is 18.8. The molecule has 0 saturated carbocycles. The molecular formula is C44H41N6O18P3. The van der Waals surface area contributed by atoms with Crippen molar-refractivity contribution >= 4 is 63.3 Å². The number of benzene rings is 4. The summed E-state index contributed by atoms with van der Waals surface area (Å²) in [4.78, 5) is 70.8. The smallest absolute Gasteiger partial charge is 0.492 e. The summed E-state index contributed by atoms with van der Waals surface area (Å²) >= 11 is 0. The predicted molar refractivity (Wildman–Crippen MR) is 250 cm³/mol.